The molecule has 1 aliphatic rings. The second-order valence-electron chi connectivity index (χ2n) is 6.44. The lowest BCUT2D eigenvalue weighted by Gasteiger charge is -2.39. The van der Waals surface area contributed by atoms with E-state index in [-0.39, 0.29) is 23.6 Å². The predicted molar refractivity (Wildman–Crippen MR) is 93.4 cm³/mol. The number of furan rings is 1. The molecule has 2 heterocycles. The normalized spacial score (nSPS) is 19.4. The van der Waals surface area contributed by atoms with Gasteiger partial charge in [-0.05, 0) is 38.0 Å². The Morgan fingerprint density at radius 2 is 2.08 bits per heavy atom. The molecular weight excluding hydrogens is 320 g/mol. The van der Waals surface area contributed by atoms with Gasteiger partial charge in [-0.2, -0.15) is 0 Å². The molecule has 1 amide bonds. The monoisotopic (exact) mass is 342 g/mol. The van der Waals surface area contributed by atoms with Gasteiger partial charge in [0.1, 0.15) is 5.76 Å². The molecule has 1 aliphatic heterocycles. The van der Waals surface area contributed by atoms with Crippen LogP contribution in [0.3, 0.4) is 0 Å². The van der Waals surface area contributed by atoms with E-state index in [1.54, 1.807) is 0 Å². The first-order chi connectivity index (χ1) is 11.9. The van der Waals surface area contributed by atoms with E-state index in [9.17, 15) is 9.59 Å². The lowest BCUT2D eigenvalue weighted by atomic mass is 9.85. The van der Waals surface area contributed by atoms with Crippen molar-refractivity contribution in [1.29, 1.82) is 0 Å². The van der Waals surface area contributed by atoms with Gasteiger partial charge in [-0.1, -0.05) is 18.2 Å². The second-order valence-corrected chi connectivity index (χ2v) is 6.44. The number of amides is 1. The van der Waals surface area contributed by atoms with Crippen molar-refractivity contribution in [3.05, 3.63) is 53.0 Å². The molecule has 0 fully saturated rings. The van der Waals surface area contributed by atoms with Crippen LogP contribution in [0.15, 0.2) is 34.7 Å². The third-order valence-electron chi connectivity index (χ3n) is 4.74. The minimum absolute atomic E-state index is 0.111. The van der Waals surface area contributed by atoms with E-state index < -0.39 is 5.97 Å². The highest BCUT2D eigenvalue weighted by molar-refractivity contribution is 5.88. The highest BCUT2D eigenvalue weighted by atomic mass is 16.5. The van der Waals surface area contributed by atoms with Gasteiger partial charge in [0.25, 0.3) is 0 Å². The minimum Gasteiger partial charge on any atom is -0.463 e. The zero-order chi connectivity index (χ0) is 18.1. The smallest absolute Gasteiger partial charge is 0.374 e. The molecule has 2 N–H and O–H groups in total. The van der Waals surface area contributed by atoms with E-state index in [2.05, 4.69) is 11.8 Å². The van der Waals surface area contributed by atoms with Crippen molar-refractivity contribution in [3.8, 4) is 0 Å². The molecule has 0 aliphatic carbocycles. The minimum atomic E-state index is -0.482. The van der Waals surface area contributed by atoms with Gasteiger partial charge in [0, 0.05) is 17.3 Å². The zero-order valence-electron chi connectivity index (χ0n) is 14.6. The van der Waals surface area contributed by atoms with Crippen molar-refractivity contribution in [3.63, 3.8) is 0 Å². The summed E-state index contributed by atoms with van der Waals surface area (Å²) in [5, 5.41) is 0. The molecule has 3 rings (SSSR count). The molecule has 0 bridgehead atoms. The van der Waals surface area contributed by atoms with Gasteiger partial charge in [0.05, 0.1) is 19.6 Å². The fourth-order valence-electron chi connectivity index (χ4n) is 3.48. The average Bonchev–Trinajstić information content (AvgIpc) is 2.96. The van der Waals surface area contributed by atoms with E-state index in [1.165, 1.54) is 7.11 Å². The van der Waals surface area contributed by atoms with E-state index in [0.717, 1.165) is 16.8 Å². The van der Waals surface area contributed by atoms with Crippen LogP contribution in [-0.2, 0) is 16.1 Å². The first-order valence-electron chi connectivity index (χ1n) is 8.25. The van der Waals surface area contributed by atoms with Crippen LogP contribution in [0.25, 0.3) is 0 Å². The highest BCUT2D eigenvalue weighted by Crippen LogP contribution is 2.39. The molecule has 0 spiro atoms. The molecule has 0 radical (unpaired) electrons. The quantitative estimate of drug-likeness (QED) is 0.864. The molecule has 1 aromatic carbocycles. The number of carbonyl (C=O) groups excluding carboxylic acids is 2. The van der Waals surface area contributed by atoms with Crippen LogP contribution >= 0.6 is 0 Å². The van der Waals surface area contributed by atoms with Crippen LogP contribution in [0.4, 0.5) is 5.69 Å². The third kappa shape index (κ3) is 3.12. The topological polar surface area (TPSA) is 85.8 Å². The molecular formula is C19H22N2O4. The molecule has 6 nitrogen and oxygen atoms in total. The number of hydrogen-bond acceptors (Lipinski definition) is 5. The van der Waals surface area contributed by atoms with Crippen LogP contribution in [0.5, 0.6) is 0 Å². The number of nitrogens with two attached hydrogens (primary N) is 1. The molecule has 0 saturated heterocycles. The predicted octanol–water partition coefficient (Wildman–Crippen LogP) is 2.74. The number of anilines is 1. The fourth-order valence-corrected chi connectivity index (χ4v) is 3.48. The number of nitrogens with zero attached hydrogens (tertiary/aromatic N) is 1. The van der Waals surface area contributed by atoms with Gasteiger partial charge < -0.3 is 19.8 Å². The Morgan fingerprint density at radius 1 is 1.36 bits per heavy atom. The summed E-state index contributed by atoms with van der Waals surface area (Å²) in [6.07, 6.45) is 0.649. The van der Waals surface area contributed by atoms with Gasteiger partial charge >= 0.3 is 5.97 Å². The summed E-state index contributed by atoms with van der Waals surface area (Å²) < 4.78 is 10.4. The van der Waals surface area contributed by atoms with Crippen LogP contribution in [0, 0.1) is 6.92 Å². The standard InChI is InChI=1S/C19H22N2O4/c1-11-8-13(25-17(11)19(23)24-3)10-21-12(2)9-15(18(20)22)14-6-4-5-7-16(14)21/h4-8,12,15H,9-10H2,1-3H3,(H2,20,22). The number of primary amides is 1. The molecule has 25 heavy (non-hydrogen) atoms. The van der Waals surface area contributed by atoms with Crippen molar-refractivity contribution in [1.82, 2.24) is 0 Å². The molecule has 0 saturated carbocycles. The average molecular weight is 342 g/mol. The summed E-state index contributed by atoms with van der Waals surface area (Å²) in [4.78, 5) is 25.7. The van der Waals surface area contributed by atoms with E-state index in [1.807, 2.05) is 37.3 Å². The van der Waals surface area contributed by atoms with Gasteiger partial charge in [0.15, 0.2) is 0 Å². The molecule has 6 heteroatoms. The molecule has 1 aromatic heterocycles. The van der Waals surface area contributed by atoms with Crippen molar-refractivity contribution in [2.45, 2.75) is 38.8 Å². The third-order valence-corrected chi connectivity index (χ3v) is 4.74. The summed E-state index contributed by atoms with van der Waals surface area (Å²) in [7, 11) is 1.33. The molecule has 2 aromatic rings. The van der Waals surface area contributed by atoms with Gasteiger partial charge in [-0.3, -0.25) is 4.79 Å². The number of carbonyl (C=O) groups is 2. The summed E-state index contributed by atoms with van der Waals surface area (Å²) in [5.41, 5.74) is 8.24. The number of aryl methyl sites for hydroxylation is 1. The summed E-state index contributed by atoms with van der Waals surface area (Å²) in [6, 6.07) is 9.74. The Labute approximate surface area is 146 Å². The maximum atomic E-state index is 11.8. The Hall–Kier alpha value is -2.76. The molecule has 2 unspecified atom stereocenters. The maximum absolute atomic E-state index is 11.8. The Kier molecular flexibility index (Phi) is 4.53. The zero-order valence-corrected chi connectivity index (χ0v) is 14.6. The fraction of sp³-hybridized carbons (Fsp3) is 0.368. The largest absolute Gasteiger partial charge is 0.463 e. The van der Waals surface area contributed by atoms with Crippen LogP contribution in [0.2, 0.25) is 0 Å². The Balaban J connectivity index is 1.93. The van der Waals surface area contributed by atoms with Gasteiger partial charge in [-0.25, -0.2) is 4.79 Å². The Bertz CT molecular complexity index is 812. The first kappa shape index (κ1) is 17.1. The SMILES string of the molecule is COC(=O)c1oc(CN2c3ccccc3C(C(N)=O)CC2C)cc1C. The summed E-state index contributed by atoms with van der Waals surface area (Å²) in [6.45, 7) is 4.38. The number of methoxy groups -OCH3 is 1. The van der Waals surface area contributed by atoms with Crippen molar-refractivity contribution in [2.24, 2.45) is 5.73 Å². The van der Waals surface area contributed by atoms with E-state index in [0.29, 0.717) is 18.7 Å². The van der Waals surface area contributed by atoms with Crippen molar-refractivity contribution >= 4 is 17.6 Å². The maximum Gasteiger partial charge on any atom is 0.374 e. The van der Waals surface area contributed by atoms with E-state index >= 15 is 0 Å². The summed E-state index contributed by atoms with van der Waals surface area (Å²) in [5.74, 6) is -0.167. The number of fused-ring (bicyclic) bond motifs is 1. The number of benzene rings is 1. The van der Waals surface area contributed by atoms with E-state index in [4.69, 9.17) is 14.9 Å². The number of esters is 1. The number of ether oxygens (including phenoxy) is 1. The lowest BCUT2D eigenvalue weighted by molar-refractivity contribution is -0.119. The van der Waals surface area contributed by atoms with Crippen molar-refractivity contribution in [2.75, 3.05) is 12.0 Å². The lowest BCUT2D eigenvalue weighted by Crippen LogP contribution is -2.41. The first-order valence-corrected chi connectivity index (χ1v) is 8.25. The number of hydrogen-bond donors (Lipinski definition) is 1. The van der Waals surface area contributed by atoms with Crippen LogP contribution < -0.4 is 10.6 Å². The van der Waals surface area contributed by atoms with Crippen LogP contribution in [0.1, 0.15) is 46.7 Å². The number of para-hydroxylation sites is 1. The second kappa shape index (κ2) is 6.63. The molecule has 132 valence electrons. The highest BCUT2D eigenvalue weighted by Gasteiger charge is 2.33. The van der Waals surface area contributed by atoms with Gasteiger partial charge in [0.2, 0.25) is 11.7 Å². The Morgan fingerprint density at radius 3 is 2.76 bits per heavy atom. The van der Waals surface area contributed by atoms with Gasteiger partial charge in [-0.15, -0.1) is 0 Å². The molecule has 2 atom stereocenters. The van der Waals surface area contributed by atoms with Crippen molar-refractivity contribution < 1.29 is 18.7 Å². The summed E-state index contributed by atoms with van der Waals surface area (Å²) >= 11 is 0. The number of rotatable bonds is 4. The van der Waals surface area contributed by atoms with Crippen LogP contribution in [-0.4, -0.2) is 25.0 Å².